The standard InChI is InChI=1S/C9H12N4/c10-8-9-2-6-12(7-3-9)13-5-1-4-11-13/h1,4-5,9H,2-3,6-7H2. The summed E-state index contributed by atoms with van der Waals surface area (Å²) in [5.41, 5.74) is 0. The monoisotopic (exact) mass is 176 g/mol. The van der Waals surface area contributed by atoms with Crippen molar-refractivity contribution in [3.63, 3.8) is 0 Å². The van der Waals surface area contributed by atoms with Crippen LogP contribution in [0.5, 0.6) is 0 Å². The number of hydrogen-bond donors (Lipinski definition) is 0. The quantitative estimate of drug-likeness (QED) is 0.634. The maximum Gasteiger partial charge on any atom is 0.0657 e. The maximum absolute atomic E-state index is 8.72. The van der Waals surface area contributed by atoms with Crippen LogP contribution in [-0.4, -0.2) is 23.0 Å². The highest BCUT2D eigenvalue weighted by atomic mass is 15.6. The van der Waals surface area contributed by atoms with E-state index in [4.69, 9.17) is 5.26 Å². The summed E-state index contributed by atoms with van der Waals surface area (Å²) in [7, 11) is 0. The van der Waals surface area contributed by atoms with Gasteiger partial charge in [0.25, 0.3) is 0 Å². The predicted octanol–water partition coefficient (Wildman–Crippen LogP) is 0.755. The minimum absolute atomic E-state index is 0.242. The molecule has 2 heterocycles. The fourth-order valence-electron chi connectivity index (χ4n) is 1.63. The minimum atomic E-state index is 0.242. The van der Waals surface area contributed by atoms with E-state index in [9.17, 15) is 0 Å². The van der Waals surface area contributed by atoms with E-state index in [0.29, 0.717) is 0 Å². The summed E-state index contributed by atoms with van der Waals surface area (Å²) < 4.78 is 0. The molecule has 0 amide bonds. The topological polar surface area (TPSA) is 44.9 Å². The average Bonchev–Trinajstić information content (AvgIpc) is 2.71. The molecule has 0 radical (unpaired) electrons. The molecule has 0 saturated carbocycles. The van der Waals surface area contributed by atoms with Gasteiger partial charge in [0.1, 0.15) is 0 Å². The molecule has 68 valence electrons. The molecular weight excluding hydrogens is 164 g/mol. The first-order valence-electron chi connectivity index (χ1n) is 4.54. The van der Waals surface area contributed by atoms with Crippen molar-refractivity contribution in [2.75, 3.05) is 18.1 Å². The Labute approximate surface area is 77.3 Å². The average molecular weight is 176 g/mol. The second-order valence-corrected chi connectivity index (χ2v) is 3.28. The molecular formula is C9H12N4. The zero-order chi connectivity index (χ0) is 9.10. The zero-order valence-electron chi connectivity index (χ0n) is 7.43. The molecule has 0 bridgehead atoms. The van der Waals surface area contributed by atoms with Crippen LogP contribution in [0.4, 0.5) is 0 Å². The van der Waals surface area contributed by atoms with Gasteiger partial charge in [-0.15, -0.1) is 0 Å². The highest BCUT2D eigenvalue weighted by Crippen LogP contribution is 2.14. The Balaban J connectivity index is 1.96. The predicted molar refractivity (Wildman–Crippen MR) is 48.5 cm³/mol. The zero-order valence-corrected chi connectivity index (χ0v) is 7.43. The van der Waals surface area contributed by atoms with Crippen molar-refractivity contribution in [1.29, 1.82) is 5.26 Å². The molecule has 2 rings (SSSR count). The molecule has 1 aliphatic rings. The van der Waals surface area contributed by atoms with Gasteiger partial charge in [0.05, 0.1) is 12.3 Å². The van der Waals surface area contributed by atoms with Crippen LogP contribution in [0, 0.1) is 17.2 Å². The van der Waals surface area contributed by atoms with Crippen LogP contribution in [0.25, 0.3) is 0 Å². The SMILES string of the molecule is N#CC1CCN(n2cccn2)CC1. The van der Waals surface area contributed by atoms with Gasteiger partial charge in [0.15, 0.2) is 0 Å². The fraction of sp³-hybridized carbons (Fsp3) is 0.556. The third kappa shape index (κ3) is 1.64. The van der Waals surface area contributed by atoms with Gasteiger partial charge in [-0.25, -0.2) is 0 Å². The molecule has 0 unspecified atom stereocenters. The number of nitrogens with zero attached hydrogens (tertiary/aromatic N) is 4. The van der Waals surface area contributed by atoms with E-state index in [-0.39, 0.29) is 5.92 Å². The highest BCUT2D eigenvalue weighted by Gasteiger charge is 2.18. The van der Waals surface area contributed by atoms with E-state index < -0.39 is 0 Å². The van der Waals surface area contributed by atoms with Gasteiger partial charge in [-0.2, -0.15) is 15.2 Å². The van der Waals surface area contributed by atoms with Gasteiger partial charge in [-0.3, -0.25) is 5.01 Å². The third-order valence-electron chi connectivity index (χ3n) is 2.43. The Morgan fingerprint density at radius 2 is 2.15 bits per heavy atom. The Bertz CT molecular complexity index is 290. The van der Waals surface area contributed by atoms with E-state index in [1.165, 1.54) is 0 Å². The molecule has 4 nitrogen and oxygen atoms in total. The van der Waals surface area contributed by atoms with E-state index in [0.717, 1.165) is 25.9 Å². The second-order valence-electron chi connectivity index (χ2n) is 3.28. The minimum Gasteiger partial charge on any atom is -0.297 e. The summed E-state index contributed by atoms with van der Waals surface area (Å²) in [5.74, 6) is 0.242. The Morgan fingerprint density at radius 3 is 2.69 bits per heavy atom. The van der Waals surface area contributed by atoms with Crippen molar-refractivity contribution in [3.05, 3.63) is 18.5 Å². The molecule has 13 heavy (non-hydrogen) atoms. The van der Waals surface area contributed by atoms with E-state index in [2.05, 4.69) is 16.2 Å². The molecule has 0 atom stereocenters. The molecule has 0 aromatic carbocycles. The van der Waals surface area contributed by atoms with E-state index >= 15 is 0 Å². The van der Waals surface area contributed by atoms with E-state index in [1.807, 2.05) is 17.1 Å². The van der Waals surface area contributed by atoms with Gasteiger partial charge in [-0.1, -0.05) is 0 Å². The van der Waals surface area contributed by atoms with Crippen LogP contribution in [0.15, 0.2) is 18.5 Å². The van der Waals surface area contributed by atoms with Crippen molar-refractivity contribution >= 4 is 0 Å². The molecule has 1 saturated heterocycles. The summed E-state index contributed by atoms with van der Waals surface area (Å²) in [5, 5.41) is 15.0. The molecule has 0 spiro atoms. The second kappa shape index (κ2) is 3.48. The summed E-state index contributed by atoms with van der Waals surface area (Å²) in [4.78, 5) is 1.85. The smallest absolute Gasteiger partial charge is 0.0657 e. The summed E-state index contributed by atoms with van der Waals surface area (Å²) in [6, 6.07) is 4.23. The molecule has 4 heteroatoms. The summed E-state index contributed by atoms with van der Waals surface area (Å²) in [6.07, 6.45) is 5.62. The lowest BCUT2D eigenvalue weighted by Gasteiger charge is -2.30. The normalized spacial score (nSPS) is 18.5. The molecule has 1 aromatic heterocycles. The Kier molecular flexibility index (Phi) is 2.17. The van der Waals surface area contributed by atoms with Crippen molar-refractivity contribution in [2.45, 2.75) is 12.8 Å². The first kappa shape index (κ1) is 8.11. The molecule has 0 N–H and O–H groups in total. The van der Waals surface area contributed by atoms with Crippen LogP contribution >= 0.6 is 0 Å². The van der Waals surface area contributed by atoms with Crippen LogP contribution < -0.4 is 5.01 Å². The molecule has 0 aliphatic carbocycles. The van der Waals surface area contributed by atoms with Crippen molar-refractivity contribution in [3.8, 4) is 6.07 Å². The van der Waals surface area contributed by atoms with Gasteiger partial charge in [-0.05, 0) is 18.9 Å². The maximum atomic E-state index is 8.72. The number of piperidine rings is 1. The lowest BCUT2D eigenvalue weighted by Crippen LogP contribution is -2.41. The highest BCUT2D eigenvalue weighted by molar-refractivity contribution is 4.97. The summed E-state index contributed by atoms with van der Waals surface area (Å²) in [6.45, 7) is 1.86. The largest absolute Gasteiger partial charge is 0.297 e. The van der Waals surface area contributed by atoms with Gasteiger partial charge in [0.2, 0.25) is 0 Å². The van der Waals surface area contributed by atoms with Crippen LogP contribution in [0.2, 0.25) is 0 Å². The van der Waals surface area contributed by atoms with Crippen molar-refractivity contribution in [1.82, 2.24) is 9.89 Å². The van der Waals surface area contributed by atoms with Gasteiger partial charge < -0.3 is 0 Å². The van der Waals surface area contributed by atoms with Gasteiger partial charge >= 0.3 is 0 Å². The van der Waals surface area contributed by atoms with Crippen LogP contribution in [0.1, 0.15) is 12.8 Å². The van der Waals surface area contributed by atoms with Gasteiger partial charge in [0, 0.05) is 25.2 Å². The molecule has 1 aromatic rings. The Morgan fingerprint density at radius 1 is 1.38 bits per heavy atom. The molecule has 1 fully saturated rings. The number of nitriles is 1. The number of rotatable bonds is 1. The lowest BCUT2D eigenvalue weighted by atomic mass is 10.00. The van der Waals surface area contributed by atoms with Crippen molar-refractivity contribution < 1.29 is 0 Å². The summed E-state index contributed by atoms with van der Waals surface area (Å²) >= 11 is 0. The number of hydrogen-bond acceptors (Lipinski definition) is 3. The fourth-order valence-corrected chi connectivity index (χ4v) is 1.63. The number of aromatic nitrogens is 2. The van der Waals surface area contributed by atoms with Crippen molar-refractivity contribution in [2.24, 2.45) is 5.92 Å². The Hall–Kier alpha value is -1.50. The third-order valence-corrected chi connectivity index (χ3v) is 2.43. The van der Waals surface area contributed by atoms with Crippen LogP contribution in [0.3, 0.4) is 0 Å². The first-order valence-corrected chi connectivity index (χ1v) is 4.54. The first-order chi connectivity index (χ1) is 6.40. The van der Waals surface area contributed by atoms with Crippen LogP contribution in [-0.2, 0) is 0 Å². The lowest BCUT2D eigenvalue weighted by molar-refractivity contribution is 0.401. The molecule has 1 aliphatic heterocycles. The van der Waals surface area contributed by atoms with E-state index in [1.54, 1.807) is 6.20 Å².